The van der Waals surface area contributed by atoms with E-state index in [0.29, 0.717) is 10.6 Å². The summed E-state index contributed by atoms with van der Waals surface area (Å²) >= 11 is 12.0. The van der Waals surface area contributed by atoms with E-state index in [9.17, 15) is 13.6 Å². The number of ether oxygens (including phenoxy) is 2. The van der Waals surface area contributed by atoms with Crippen LogP contribution in [0, 0.1) is 0 Å². The van der Waals surface area contributed by atoms with E-state index in [-0.39, 0.29) is 39.2 Å². The fraction of sp³-hybridized carbons (Fsp3) is 0.0500. The Morgan fingerprint density at radius 1 is 1.07 bits per heavy atom. The van der Waals surface area contributed by atoms with Crippen molar-refractivity contribution in [3.05, 3.63) is 87.8 Å². The van der Waals surface area contributed by atoms with Crippen molar-refractivity contribution in [3.8, 4) is 11.5 Å². The highest BCUT2D eigenvalue weighted by molar-refractivity contribution is 6.32. The van der Waals surface area contributed by atoms with Crippen molar-refractivity contribution in [1.82, 2.24) is 5.32 Å². The number of hydrogen-bond donors (Lipinski definition) is 3. The highest BCUT2D eigenvalue weighted by atomic mass is 35.5. The maximum atomic E-state index is 13.3. The number of carbonyl (C=O) groups is 1. The summed E-state index contributed by atoms with van der Waals surface area (Å²) in [5.74, 6) is -0.986. The van der Waals surface area contributed by atoms with E-state index < -0.39 is 12.2 Å². The summed E-state index contributed by atoms with van der Waals surface area (Å²) in [6.45, 7) is 3.74. The van der Waals surface area contributed by atoms with Gasteiger partial charge in [-0.1, -0.05) is 29.8 Å². The van der Waals surface area contributed by atoms with Crippen molar-refractivity contribution < 1.29 is 23.0 Å². The summed E-state index contributed by atoms with van der Waals surface area (Å²) in [7, 11) is 0. The van der Waals surface area contributed by atoms with Gasteiger partial charge in [-0.3, -0.25) is 4.79 Å². The fourth-order valence-corrected chi connectivity index (χ4v) is 2.95. The number of nitrogens with two attached hydrogens (primary N) is 2. The van der Waals surface area contributed by atoms with Crippen molar-refractivity contribution in [2.24, 2.45) is 11.5 Å². The zero-order valence-electron chi connectivity index (χ0n) is 15.2. The Balaban J connectivity index is 1.79. The van der Waals surface area contributed by atoms with Gasteiger partial charge in [0, 0.05) is 33.5 Å². The van der Waals surface area contributed by atoms with Crippen LogP contribution in [0.2, 0.25) is 10.0 Å². The number of benzene rings is 2. The van der Waals surface area contributed by atoms with Gasteiger partial charge < -0.3 is 26.3 Å². The van der Waals surface area contributed by atoms with Crippen LogP contribution in [0.15, 0.2) is 66.6 Å². The predicted molar refractivity (Wildman–Crippen MR) is 110 cm³/mol. The molecule has 0 fully saturated rings. The first kappa shape index (κ1) is 21.5. The minimum absolute atomic E-state index is 0.0545. The smallest absolute Gasteiger partial charge is 0.395 e. The number of allylic oxidation sites excluding steroid dienone is 3. The van der Waals surface area contributed by atoms with Crippen molar-refractivity contribution in [2.45, 2.75) is 6.29 Å². The van der Waals surface area contributed by atoms with Gasteiger partial charge in [-0.05, 0) is 42.5 Å². The Morgan fingerprint density at radius 2 is 1.67 bits per heavy atom. The van der Waals surface area contributed by atoms with Gasteiger partial charge in [0.2, 0.25) is 0 Å². The lowest BCUT2D eigenvalue weighted by molar-refractivity contribution is -0.286. The SMILES string of the molecule is C=C(/C=C\C(=C(N)N)c1cc2c(cc1Cl)OC(F)(F)O2)NC(=O)c1ccc(Cl)cc1. The van der Waals surface area contributed by atoms with Gasteiger partial charge in [-0.2, -0.15) is 0 Å². The van der Waals surface area contributed by atoms with Crippen molar-refractivity contribution in [1.29, 1.82) is 0 Å². The molecule has 1 aliphatic rings. The zero-order valence-corrected chi connectivity index (χ0v) is 16.7. The largest absolute Gasteiger partial charge is 0.586 e. The molecule has 1 amide bonds. The molecule has 0 atom stereocenters. The monoisotopic (exact) mass is 453 g/mol. The molecule has 0 bridgehead atoms. The third-order valence-corrected chi connectivity index (χ3v) is 4.49. The van der Waals surface area contributed by atoms with Crippen molar-refractivity contribution in [3.63, 3.8) is 0 Å². The molecule has 0 unspecified atom stereocenters. The van der Waals surface area contributed by atoms with Gasteiger partial charge in [0.1, 0.15) is 5.82 Å². The molecule has 2 aromatic carbocycles. The molecule has 0 saturated heterocycles. The Bertz CT molecular complexity index is 1080. The number of fused-ring (bicyclic) bond motifs is 1. The van der Waals surface area contributed by atoms with Crippen LogP contribution in [-0.2, 0) is 0 Å². The zero-order chi connectivity index (χ0) is 22.1. The quantitative estimate of drug-likeness (QED) is 0.582. The molecule has 1 heterocycles. The van der Waals surface area contributed by atoms with Crippen LogP contribution in [0.1, 0.15) is 15.9 Å². The topological polar surface area (TPSA) is 99.6 Å². The molecule has 156 valence electrons. The van der Waals surface area contributed by atoms with Gasteiger partial charge in [0.25, 0.3) is 5.91 Å². The molecule has 10 heteroatoms. The van der Waals surface area contributed by atoms with E-state index in [1.165, 1.54) is 24.3 Å². The summed E-state index contributed by atoms with van der Waals surface area (Å²) in [6.07, 6.45) is -0.932. The molecule has 5 N–H and O–H groups in total. The number of alkyl halides is 2. The lowest BCUT2D eigenvalue weighted by Gasteiger charge is -2.10. The average Bonchev–Trinajstić information content (AvgIpc) is 2.94. The lowest BCUT2D eigenvalue weighted by Crippen LogP contribution is -2.25. The third kappa shape index (κ3) is 4.84. The van der Waals surface area contributed by atoms with Gasteiger partial charge in [0.05, 0.1) is 5.02 Å². The first-order chi connectivity index (χ1) is 14.1. The van der Waals surface area contributed by atoms with Crippen LogP contribution in [0.3, 0.4) is 0 Å². The standard InChI is InChI=1S/C20H15Cl2F2N3O3/c1-10(27-19(28)11-3-5-12(21)6-4-11)2-7-13(18(25)26)14-8-16-17(9-15(14)22)30-20(23,24)29-16/h2-9H,1,25-26H2,(H,27,28)/b7-2-. The summed E-state index contributed by atoms with van der Waals surface area (Å²) in [5, 5.41) is 3.14. The summed E-state index contributed by atoms with van der Waals surface area (Å²) in [6, 6.07) is 8.67. The molecule has 0 aliphatic carbocycles. The first-order valence-electron chi connectivity index (χ1n) is 8.34. The van der Waals surface area contributed by atoms with Crippen LogP contribution in [0.25, 0.3) is 5.57 Å². The molecule has 3 rings (SSSR count). The van der Waals surface area contributed by atoms with Crippen LogP contribution in [-0.4, -0.2) is 12.2 Å². The molecule has 0 aromatic heterocycles. The van der Waals surface area contributed by atoms with Crippen LogP contribution >= 0.6 is 23.2 Å². The maximum absolute atomic E-state index is 13.3. The first-order valence-corrected chi connectivity index (χ1v) is 9.10. The number of amides is 1. The molecule has 0 spiro atoms. The van der Waals surface area contributed by atoms with E-state index in [2.05, 4.69) is 21.4 Å². The third-order valence-electron chi connectivity index (χ3n) is 3.92. The second-order valence-electron chi connectivity index (χ2n) is 6.13. The number of carbonyl (C=O) groups excluding carboxylic acids is 1. The second-order valence-corrected chi connectivity index (χ2v) is 6.98. The molecule has 2 aromatic rings. The maximum Gasteiger partial charge on any atom is 0.586 e. The van der Waals surface area contributed by atoms with Gasteiger partial charge in [0.15, 0.2) is 11.5 Å². The van der Waals surface area contributed by atoms with E-state index in [4.69, 9.17) is 34.7 Å². The van der Waals surface area contributed by atoms with E-state index in [1.807, 2.05) is 0 Å². The molecule has 0 saturated carbocycles. The molecular formula is C20H15Cl2F2N3O3. The Kier molecular flexibility index (Phi) is 5.91. The van der Waals surface area contributed by atoms with Crippen molar-refractivity contribution in [2.75, 3.05) is 0 Å². The molecule has 0 radical (unpaired) electrons. The van der Waals surface area contributed by atoms with Crippen LogP contribution in [0.5, 0.6) is 11.5 Å². The van der Waals surface area contributed by atoms with Crippen molar-refractivity contribution >= 4 is 34.7 Å². The van der Waals surface area contributed by atoms with Crippen LogP contribution < -0.4 is 26.3 Å². The average molecular weight is 454 g/mol. The number of nitrogens with one attached hydrogen (secondary N) is 1. The van der Waals surface area contributed by atoms with Gasteiger partial charge >= 0.3 is 6.29 Å². The molecule has 30 heavy (non-hydrogen) atoms. The number of halogens is 4. The summed E-state index contributed by atoms with van der Waals surface area (Å²) in [5.41, 5.74) is 12.5. The minimum atomic E-state index is -3.79. The Morgan fingerprint density at radius 3 is 2.27 bits per heavy atom. The molecular weight excluding hydrogens is 439 g/mol. The second kappa shape index (κ2) is 8.25. The highest BCUT2D eigenvalue weighted by Crippen LogP contribution is 2.45. The lowest BCUT2D eigenvalue weighted by atomic mass is 10.0. The summed E-state index contributed by atoms with van der Waals surface area (Å²) in [4.78, 5) is 12.2. The Hall–Kier alpha value is -3.23. The van der Waals surface area contributed by atoms with E-state index in [0.717, 1.165) is 0 Å². The predicted octanol–water partition coefficient (Wildman–Crippen LogP) is 4.40. The molecule has 1 aliphatic heterocycles. The van der Waals surface area contributed by atoms with Gasteiger partial charge in [-0.15, -0.1) is 8.78 Å². The highest BCUT2D eigenvalue weighted by Gasteiger charge is 2.43. The van der Waals surface area contributed by atoms with Gasteiger partial charge in [-0.25, -0.2) is 0 Å². The normalized spacial score (nSPS) is 13.9. The van der Waals surface area contributed by atoms with E-state index in [1.54, 1.807) is 24.3 Å². The fourth-order valence-electron chi connectivity index (χ4n) is 2.56. The van der Waals surface area contributed by atoms with Crippen LogP contribution in [0.4, 0.5) is 8.78 Å². The van der Waals surface area contributed by atoms with E-state index >= 15 is 0 Å². The number of hydrogen-bond acceptors (Lipinski definition) is 5. The number of rotatable bonds is 5. The summed E-state index contributed by atoms with van der Waals surface area (Å²) < 4.78 is 35.3. The molecule has 6 nitrogen and oxygen atoms in total. The Labute approximate surface area is 180 Å². The minimum Gasteiger partial charge on any atom is -0.395 e.